The van der Waals surface area contributed by atoms with E-state index in [1.807, 2.05) is 47.0 Å². The lowest BCUT2D eigenvalue weighted by molar-refractivity contribution is 1.05. The highest BCUT2D eigenvalue weighted by molar-refractivity contribution is 6.13. The molecule has 0 spiro atoms. The van der Waals surface area contributed by atoms with Crippen LogP contribution in [0.1, 0.15) is 35.6 Å². The smallest absolute Gasteiger partial charge is 0.234 e. The molecule has 4 nitrogen and oxygen atoms in total. The highest BCUT2D eigenvalue weighted by Gasteiger charge is 2.26. The topological polar surface area (TPSA) is 42.5 Å². The molecule has 2 aromatic heterocycles. The van der Waals surface area contributed by atoms with E-state index in [1.165, 1.54) is 12.8 Å². The molecular weight excluding hydrogens is 320 g/mol. The molecule has 0 N–H and O–H groups in total. The largest absolute Gasteiger partial charge is 0.289 e. The zero-order valence-electron chi connectivity index (χ0n) is 14.3. The number of rotatable bonds is 4. The maximum absolute atomic E-state index is 4.92. The van der Waals surface area contributed by atoms with Crippen molar-refractivity contribution in [3.63, 3.8) is 0 Å². The molecule has 1 aliphatic carbocycles. The van der Waals surface area contributed by atoms with E-state index in [1.54, 1.807) is 6.20 Å². The van der Waals surface area contributed by atoms with Gasteiger partial charge in [0, 0.05) is 29.4 Å². The van der Waals surface area contributed by atoms with Crippen LogP contribution in [0.4, 0.5) is 5.69 Å². The fourth-order valence-corrected chi connectivity index (χ4v) is 3.14. The van der Waals surface area contributed by atoms with Crippen LogP contribution >= 0.6 is 0 Å². The average Bonchev–Trinajstić information content (AvgIpc) is 3.47. The number of aliphatic imine (C=N–C) groups is 1. The van der Waals surface area contributed by atoms with E-state index < -0.39 is 0 Å². The lowest BCUT2D eigenvalue weighted by Gasteiger charge is -2.07. The van der Waals surface area contributed by atoms with Gasteiger partial charge in [0.25, 0.3) is 0 Å². The minimum Gasteiger partial charge on any atom is -0.289 e. The average molecular weight is 338 g/mol. The number of benzene rings is 2. The minimum atomic E-state index is 0.618. The zero-order chi connectivity index (χ0) is 17.3. The minimum absolute atomic E-state index is 0.618. The summed E-state index contributed by atoms with van der Waals surface area (Å²) in [5, 5.41) is 0. The van der Waals surface area contributed by atoms with Gasteiger partial charge in [-0.1, -0.05) is 60.7 Å². The Morgan fingerprint density at radius 3 is 2.15 bits per heavy atom. The molecule has 0 saturated heterocycles. The summed E-state index contributed by atoms with van der Waals surface area (Å²) in [5.74, 6) is 1.36. The third-order valence-corrected chi connectivity index (χ3v) is 4.65. The Morgan fingerprint density at radius 1 is 0.885 bits per heavy atom. The second kappa shape index (κ2) is 6.23. The first kappa shape index (κ1) is 15.0. The first-order valence-electron chi connectivity index (χ1n) is 8.91. The van der Waals surface area contributed by atoms with Gasteiger partial charge in [-0.15, -0.1) is 0 Å². The Bertz CT molecular complexity index is 1040. The van der Waals surface area contributed by atoms with E-state index in [-0.39, 0.29) is 0 Å². The fraction of sp³-hybridized carbons (Fsp3) is 0.136. The molecule has 4 heteroatoms. The van der Waals surface area contributed by atoms with E-state index in [0.717, 1.165) is 34.0 Å². The number of aromatic nitrogens is 3. The molecule has 0 aliphatic heterocycles. The van der Waals surface area contributed by atoms with E-state index >= 15 is 0 Å². The standard InChI is InChI=1S/C22H18N4/c1-3-7-17(8-4-1)21(18-9-5-2-6-10-18)24-19-13-23-22-25-20(16-11-12-16)15-26(22)14-19/h1-10,13-16H,11-12H2. The molecule has 2 heterocycles. The van der Waals surface area contributed by atoms with Gasteiger partial charge in [-0.25, -0.2) is 15.0 Å². The molecule has 1 saturated carbocycles. The van der Waals surface area contributed by atoms with Crippen LogP contribution in [0.5, 0.6) is 0 Å². The summed E-state index contributed by atoms with van der Waals surface area (Å²) in [6.45, 7) is 0. The SMILES string of the molecule is c1ccc(C(=Nc2cnc3nc(C4CC4)cn3c2)c2ccccc2)cc1. The molecule has 1 fully saturated rings. The number of imidazole rings is 1. The lowest BCUT2D eigenvalue weighted by atomic mass is 10.0. The lowest BCUT2D eigenvalue weighted by Crippen LogP contribution is -2.02. The molecule has 4 aromatic rings. The quantitative estimate of drug-likeness (QED) is 0.503. The number of fused-ring (bicyclic) bond motifs is 1. The monoisotopic (exact) mass is 338 g/mol. The molecule has 2 aromatic carbocycles. The van der Waals surface area contributed by atoms with Crippen molar-refractivity contribution in [2.24, 2.45) is 4.99 Å². The van der Waals surface area contributed by atoms with Crippen LogP contribution in [-0.4, -0.2) is 20.1 Å². The highest BCUT2D eigenvalue weighted by Crippen LogP contribution is 2.39. The van der Waals surface area contributed by atoms with Crippen molar-refractivity contribution in [3.8, 4) is 0 Å². The molecule has 0 radical (unpaired) electrons. The van der Waals surface area contributed by atoms with Crippen LogP contribution < -0.4 is 0 Å². The third kappa shape index (κ3) is 2.90. The molecular formula is C22H18N4. The summed E-state index contributed by atoms with van der Waals surface area (Å²) in [5.41, 5.74) is 5.08. The highest BCUT2D eigenvalue weighted by atomic mass is 15.1. The summed E-state index contributed by atoms with van der Waals surface area (Å²) in [6, 6.07) is 20.5. The van der Waals surface area contributed by atoms with Crippen molar-refractivity contribution in [1.82, 2.24) is 14.4 Å². The van der Waals surface area contributed by atoms with Crippen LogP contribution in [-0.2, 0) is 0 Å². The summed E-state index contributed by atoms with van der Waals surface area (Å²) in [7, 11) is 0. The summed E-state index contributed by atoms with van der Waals surface area (Å²) in [6.07, 6.45) is 8.36. The van der Waals surface area contributed by atoms with Crippen LogP contribution in [0.2, 0.25) is 0 Å². The van der Waals surface area contributed by atoms with Crippen molar-refractivity contribution in [2.75, 3.05) is 0 Å². The van der Waals surface area contributed by atoms with Gasteiger partial charge in [0.1, 0.15) is 0 Å². The molecule has 5 rings (SSSR count). The van der Waals surface area contributed by atoms with Gasteiger partial charge >= 0.3 is 0 Å². The fourth-order valence-electron chi connectivity index (χ4n) is 3.14. The molecule has 0 unspecified atom stereocenters. The second-order valence-electron chi connectivity index (χ2n) is 6.65. The van der Waals surface area contributed by atoms with Crippen LogP contribution in [0.3, 0.4) is 0 Å². The summed E-state index contributed by atoms with van der Waals surface area (Å²) >= 11 is 0. The summed E-state index contributed by atoms with van der Waals surface area (Å²) < 4.78 is 1.99. The normalized spacial score (nSPS) is 13.7. The van der Waals surface area contributed by atoms with E-state index in [9.17, 15) is 0 Å². The van der Waals surface area contributed by atoms with E-state index in [2.05, 4.69) is 40.4 Å². The maximum atomic E-state index is 4.92. The van der Waals surface area contributed by atoms with Gasteiger partial charge in [0.2, 0.25) is 5.78 Å². The number of hydrogen-bond donors (Lipinski definition) is 0. The Morgan fingerprint density at radius 2 is 1.54 bits per heavy atom. The van der Waals surface area contributed by atoms with Gasteiger partial charge in [-0.3, -0.25) is 4.40 Å². The predicted octanol–water partition coefficient (Wildman–Crippen LogP) is 4.78. The number of nitrogens with zero attached hydrogens (tertiary/aromatic N) is 4. The summed E-state index contributed by atoms with van der Waals surface area (Å²) in [4.78, 5) is 14.0. The first-order chi connectivity index (χ1) is 12.9. The van der Waals surface area contributed by atoms with Crippen LogP contribution in [0.25, 0.3) is 5.78 Å². The predicted molar refractivity (Wildman–Crippen MR) is 103 cm³/mol. The van der Waals surface area contributed by atoms with Gasteiger partial charge in [-0.05, 0) is 12.8 Å². The third-order valence-electron chi connectivity index (χ3n) is 4.65. The van der Waals surface area contributed by atoms with Crippen molar-refractivity contribution in [1.29, 1.82) is 0 Å². The van der Waals surface area contributed by atoms with Gasteiger partial charge in [0.15, 0.2) is 0 Å². The molecule has 0 bridgehead atoms. The Labute approximate surface area is 151 Å². The Hall–Kier alpha value is -3.27. The van der Waals surface area contributed by atoms with Gasteiger partial charge in [-0.2, -0.15) is 0 Å². The molecule has 126 valence electrons. The Kier molecular flexibility index (Phi) is 3.60. The van der Waals surface area contributed by atoms with Crippen LogP contribution in [0.15, 0.2) is 84.2 Å². The van der Waals surface area contributed by atoms with Gasteiger partial charge in [0.05, 0.1) is 23.3 Å². The molecule has 0 amide bonds. The van der Waals surface area contributed by atoms with Crippen molar-refractivity contribution >= 4 is 17.2 Å². The Balaban J connectivity index is 1.61. The van der Waals surface area contributed by atoms with Crippen molar-refractivity contribution < 1.29 is 0 Å². The zero-order valence-corrected chi connectivity index (χ0v) is 14.3. The molecule has 1 aliphatic rings. The van der Waals surface area contributed by atoms with E-state index in [0.29, 0.717) is 5.92 Å². The molecule has 0 atom stereocenters. The maximum Gasteiger partial charge on any atom is 0.234 e. The first-order valence-corrected chi connectivity index (χ1v) is 8.91. The van der Waals surface area contributed by atoms with Crippen molar-refractivity contribution in [3.05, 3.63) is 96.1 Å². The second-order valence-corrected chi connectivity index (χ2v) is 6.65. The van der Waals surface area contributed by atoms with E-state index in [4.69, 9.17) is 4.99 Å². The van der Waals surface area contributed by atoms with Crippen molar-refractivity contribution in [2.45, 2.75) is 18.8 Å². The van der Waals surface area contributed by atoms with Crippen LogP contribution in [0, 0.1) is 0 Å². The number of hydrogen-bond acceptors (Lipinski definition) is 3. The van der Waals surface area contributed by atoms with Gasteiger partial charge < -0.3 is 0 Å². The molecule has 26 heavy (non-hydrogen) atoms.